The summed E-state index contributed by atoms with van der Waals surface area (Å²) in [7, 11) is -3.96. The molecular weight excluding hydrogens is 544 g/mol. The number of benzene rings is 2. The van der Waals surface area contributed by atoms with Gasteiger partial charge in [0.25, 0.3) is 0 Å². The van der Waals surface area contributed by atoms with Gasteiger partial charge < -0.3 is 26.2 Å². The zero-order chi connectivity index (χ0) is 30.2. The summed E-state index contributed by atoms with van der Waals surface area (Å²) in [6, 6.07) is 11.6. The molecule has 2 aliphatic rings. The Bertz CT molecular complexity index is 1250. The molecule has 10 nitrogen and oxygen atoms in total. The van der Waals surface area contributed by atoms with Crippen molar-refractivity contribution in [2.45, 2.75) is 76.5 Å². The second-order valence-corrected chi connectivity index (χ2v) is 13.3. The van der Waals surface area contributed by atoms with Gasteiger partial charge in [-0.3, -0.25) is 9.59 Å². The van der Waals surface area contributed by atoms with Gasteiger partial charge in [-0.2, -0.15) is 4.31 Å². The lowest BCUT2D eigenvalue weighted by Crippen LogP contribution is -2.56. The second kappa shape index (κ2) is 14.7. The highest BCUT2D eigenvalue weighted by Gasteiger charge is 2.33. The molecule has 0 unspecified atom stereocenters. The third kappa shape index (κ3) is 9.44. The Morgan fingerprint density at radius 1 is 1.02 bits per heavy atom. The average molecular weight is 589 g/mol. The molecule has 2 bridgehead atoms. The molecular formula is C30H44N4O6S. The van der Waals surface area contributed by atoms with E-state index in [2.05, 4.69) is 10.6 Å². The first-order valence-electron chi connectivity index (χ1n) is 14.2. The van der Waals surface area contributed by atoms with Crippen LogP contribution in [0.15, 0.2) is 53.4 Å². The number of aliphatic hydroxyl groups is 1. The molecule has 2 aromatic rings. The number of fused-ring (bicyclic) bond motifs is 12. The van der Waals surface area contributed by atoms with E-state index in [4.69, 9.17) is 10.5 Å². The Kier molecular flexibility index (Phi) is 11.6. The van der Waals surface area contributed by atoms with E-state index in [1.807, 2.05) is 39.8 Å². The van der Waals surface area contributed by atoms with Crippen molar-refractivity contribution >= 4 is 27.5 Å². The number of amides is 2. The van der Waals surface area contributed by atoms with Crippen molar-refractivity contribution in [3.8, 4) is 5.75 Å². The molecule has 2 aromatic carbocycles. The molecule has 2 amide bonds. The van der Waals surface area contributed by atoms with Crippen LogP contribution in [-0.2, 0) is 26.0 Å². The Morgan fingerprint density at radius 2 is 1.68 bits per heavy atom. The predicted molar refractivity (Wildman–Crippen MR) is 159 cm³/mol. The molecule has 2 heterocycles. The van der Waals surface area contributed by atoms with Crippen molar-refractivity contribution in [2.75, 3.05) is 25.4 Å². The predicted octanol–water partition coefficient (Wildman–Crippen LogP) is 2.71. The number of anilines is 1. The lowest BCUT2D eigenvalue weighted by atomic mass is 9.98. The van der Waals surface area contributed by atoms with Crippen LogP contribution in [0.2, 0.25) is 0 Å². The fraction of sp³-hybridized carbons (Fsp3) is 0.533. The van der Waals surface area contributed by atoms with Gasteiger partial charge >= 0.3 is 0 Å². The maximum atomic E-state index is 13.6. The lowest BCUT2D eigenvalue weighted by Gasteiger charge is -2.32. The Hall–Kier alpha value is -3.15. The van der Waals surface area contributed by atoms with Gasteiger partial charge in [0.1, 0.15) is 11.8 Å². The SMILES string of the molecule is CC(C)CCN(C[C@@H](O)[C@@H]1Cc2ccc(cc2)OCCCC(=O)N[C@@H](C(C)C)C(=O)N1)S(=O)(=O)c1ccc(N)cc1. The summed E-state index contributed by atoms with van der Waals surface area (Å²) < 4.78 is 34.3. The average Bonchev–Trinajstić information content (AvgIpc) is 2.92. The highest BCUT2D eigenvalue weighted by Crippen LogP contribution is 2.21. The van der Waals surface area contributed by atoms with E-state index in [1.165, 1.54) is 28.6 Å². The molecule has 2 aliphatic heterocycles. The van der Waals surface area contributed by atoms with Gasteiger partial charge in [-0.25, -0.2) is 8.42 Å². The molecule has 0 fully saturated rings. The molecule has 11 heteroatoms. The van der Waals surface area contributed by atoms with Gasteiger partial charge in [0.05, 0.1) is 23.6 Å². The molecule has 0 saturated heterocycles. The van der Waals surface area contributed by atoms with Crippen LogP contribution in [-0.4, -0.2) is 67.5 Å². The number of nitrogens with one attached hydrogen (secondary N) is 2. The van der Waals surface area contributed by atoms with Crippen LogP contribution >= 0.6 is 0 Å². The van der Waals surface area contributed by atoms with Crippen molar-refractivity contribution in [3.63, 3.8) is 0 Å². The molecule has 3 atom stereocenters. The zero-order valence-electron chi connectivity index (χ0n) is 24.4. The number of nitrogens with zero attached hydrogens (tertiary/aromatic N) is 1. The number of ether oxygens (including phenoxy) is 1. The van der Waals surface area contributed by atoms with Crippen LogP contribution in [0.25, 0.3) is 0 Å². The molecule has 41 heavy (non-hydrogen) atoms. The summed E-state index contributed by atoms with van der Waals surface area (Å²) in [4.78, 5) is 26.1. The largest absolute Gasteiger partial charge is 0.494 e. The minimum atomic E-state index is -3.96. The Morgan fingerprint density at radius 3 is 2.29 bits per heavy atom. The second-order valence-electron chi connectivity index (χ2n) is 11.4. The summed E-state index contributed by atoms with van der Waals surface area (Å²) in [6.07, 6.45) is 0.279. The highest BCUT2D eigenvalue weighted by molar-refractivity contribution is 7.89. The van der Waals surface area contributed by atoms with Crippen LogP contribution in [0.4, 0.5) is 5.69 Å². The summed E-state index contributed by atoms with van der Waals surface area (Å²) in [5.74, 6) is -0.0323. The third-order valence-corrected chi connectivity index (χ3v) is 9.00. The molecule has 0 aromatic heterocycles. The quantitative estimate of drug-likeness (QED) is 0.329. The highest BCUT2D eigenvalue weighted by atomic mass is 32.2. The number of nitrogen functional groups attached to an aromatic ring is 1. The van der Waals surface area contributed by atoms with E-state index in [9.17, 15) is 23.1 Å². The van der Waals surface area contributed by atoms with Crippen molar-refractivity contribution in [3.05, 3.63) is 54.1 Å². The number of sulfonamides is 1. The van der Waals surface area contributed by atoms with Crippen molar-refractivity contribution in [1.29, 1.82) is 0 Å². The molecule has 0 spiro atoms. The van der Waals surface area contributed by atoms with E-state index in [1.54, 1.807) is 12.1 Å². The van der Waals surface area contributed by atoms with Crippen LogP contribution in [0, 0.1) is 11.8 Å². The fourth-order valence-corrected chi connectivity index (χ4v) is 6.04. The van der Waals surface area contributed by atoms with Crippen LogP contribution < -0.4 is 21.1 Å². The fourth-order valence-electron chi connectivity index (χ4n) is 4.57. The van der Waals surface area contributed by atoms with Crippen molar-refractivity contribution in [1.82, 2.24) is 14.9 Å². The number of aliphatic hydroxyl groups excluding tert-OH is 1. The molecule has 226 valence electrons. The topological polar surface area (TPSA) is 151 Å². The van der Waals surface area contributed by atoms with E-state index >= 15 is 0 Å². The minimum absolute atomic E-state index is 0.0759. The van der Waals surface area contributed by atoms with Crippen molar-refractivity contribution in [2.24, 2.45) is 11.8 Å². The van der Waals surface area contributed by atoms with E-state index in [-0.39, 0.29) is 48.6 Å². The minimum Gasteiger partial charge on any atom is -0.494 e. The van der Waals surface area contributed by atoms with Gasteiger partial charge in [0.2, 0.25) is 21.8 Å². The van der Waals surface area contributed by atoms with E-state index < -0.39 is 34.1 Å². The zero-order valence-corrected chi connectivity index (χ0v) is 25.2. The van der Waals surface area contributed by atoms with E-state index in [0.717, 1.165) is 5.56 Å². The number of hydrogen-bond donors (Lipinski definition) is 4. The monoisotopic (exact) mass is 588 g/mol. The maximum absolute atomic E-state index is 13.6. The van der Waals surface area contributed by atoms with Crippen LogP contribution in [0.1, 0.15) is 52.5 Å². The summed E-state index contributed by atoms with van der Waals surface area (Å²) in [5.41, 5.74) is 7.04. The smallest absolute Gasteiger partial charge is 0.243 e. The van der Waals surface area contributed by atoms with Crippen LogP contribution in [0.3, 0.4) is 0 Å². The first-order chi connectivity index (χ1) is 19.4. The lowest BCUT2D eigenvalue weighted by molar-refractivity contribution is -0.131. The molecule has 0 radical (unpaired) electrons. The third-order valence-electron chi connectivity index (χ3n) is 7.12. The van der Waals surface area contributed by atoms with Gasteiger partial charge in [-0.05, 0) is 73.1 Å². The van der Waals surface area contributed by atoms with Gasteiger partial charge in [-0.15, -0.1) is 0 Å². The normalized spacial score (nSPS) is 19.8. The molecule has 4 rings (SSSR count). The van der Waals surface area contributed by atoms with E-state index in [0.29, 0.717) is 30.9 Å². The number of hydrogen-bond acceptors (Lipinski definition) is 7. The number of nitrogens with two attached hydrogens (primary N) is 1. The number of carbonyl (C=O) groups is 2. The van der Waals surface area contributed by atoms with Gasteiger partial charge in [0.15, 0.2) is 0 Å². The maximum Gasteiger partial charge on any atom is 0.243 e. The standard InChI is InChI=1S/C30H44N4O6S/c1-20(2)15-16-34(41(38,39)25-13-9-23(31)10-14-25)19-27(35)26-18-22-7-11-24(12-8-22)40-17-5-6-28(36)33-29(21(3)4)30(37)32-26/h7-14,20-21,26-27,29,35H,5-6,15-19,31H2,1-4H3,(H,32,37)(H,33,36)/t26-,27+,29-/m0/s1. The molecule has 0 aliphatic carbocycles. The summed E-state index contributed by atoms with van der Waals surface area (Å²) in [6.45, 7) is 7.98. The van der Waals surface area contributed by atoms with Crippen molar-refractivity contribution < 1.29 is 27.9 Å². The van der Waals surface area contributed by atoms with Crippen LogP contribution in [0.5, 0.6) is 5.75 Å². The number of carbonyl (C=O) groups excluding carboxylic acids is 2. The Balaban J connectivity index is 1.93. The van der Waals surface area contributed by atoms with Gasteiger partial charge in [-0.1, -0.05) is 39.8 Å². The molecule has 0 saturated carbocycles. The first-order valence-corrected chi connectivity index (χ1v) is 15.7. The summed E-state index contributed by atoms with van der Waals surface area (Å²) >= 11 is 0. The number of rotatable bonds is 9. The summed E-state index contributed by atoms with van der Waals surface area (Å²) in [5, 5.41) is 17.2. The Labute approximate surface area is 243 Å². The molecule has 5 N–H and O–H groups in total. The first kappa shape index (κ1) is 32.4. The van der Waals surface area contributed by atoms with Gasteiger partial charge in [0, 0.05) is 25.2 Å².